The van der Waals surface area contributed by atoms with Gasteiger partial charge in [0.05, 0.1) is 52.9 Å². The van der Waals surface area contributed by atoms with Crippen molar-refractivity contribution in [2.24, 2.45) is 0 Å². The second-order valence-electron chi connectivity index (χ2n) is 5.21. The summed E-state index contributed by atoms with van der Waals surface area (Å²) in [7, 11) is 3.17. The van der Waals surface area contributed by atoms with E-state index in [4.69, 9.17) is 18.9 Å². The summed E-state index contributed by atoms with van der Waals surface area (Å²) >= 11 is 0. The highest BCUT2D eigenvalue weighted by molar-refractivity contribution is 5.47. The van der Waals surface area contributed by atoms with E-state index in [9.17, 15) is 10.2 Å². The highest BCUT2D eigenvalue weighted by Crippen LogP contribution is 2.30. The number of aliphatic hydroxyl groups is 2. The summed E-state index contributed by atoms with van der Waals surface area (Å²) in [6.45, 7) is 4.42. The molecule has 0 unspecified atom stereocenters. The van der Waals surface area contributed by atoms with Gasteiger partial charge >= 0.3 is 0 Å². The molecule has 22 heavy (non-hydrogen) atoms. The second kappa shape index (κ2) is 9.63. The summed E-state index contributed by atoms with van der Waals surface area (Å²) in [4.78, 5) is 0. The van der Waals surface area contributed by atoms with Crippen molar-refractivity contribution in [1.82, 2.24) is 0 Å². The fourth-order valence-electron chi connectivity index (χ4n) is 2.00. The van der Waals surface area contributed by atoms with Gasteiger partial charge in [0.1, 0.15) is 11.5 Å². The zero-order chi connectivity index (χ0) is 16.5. The standard InChI is InChI=1S/C16H26O6/c1-11(17)7-21-9-13-5-15(19-3)6-14(16(13)20-4)10-22-8-12(2)18/h5-6,11-12,17-18H,7-10H2,1-4H3/t11-,12-/m0/s1. The molecule has 1 aromatic carbocycles. The minimum absolute atomic E-state index is 0.244. The average Bonchev–Trinajstić information content (AvgIpc) is 2.46. The molecule has 0 saturated carbocycles. The number of ether oxygens (including phenoxy) is 4. The van der Waals surface area contributed by atoms with Gasteiger partial charge in [0.2, 0.25) is 0 Å². The van der Waals surface area contributed by atoms with Crippen LogP contribution in [0.25, 0.3) is 0 Å². The summed E-state index contributed by atoms with van der Waals surface area (Å²) in [6, 6.07) is 3.66. The molecular formula is C16H26O6. The minimum atomic E-state index is -0.523. The van der Waals surface area contributed by atoms with E-state index >= 15 is 0 Å². The molecule has 0 aliphatic heterocycles. The Morgan fingerprint density at radius 2 is 1.32 bits per heavy atom. The van der Waals surface area contributed by atoms with Gasteiger partial charge in [-0.05, 0) is 26.0 Å². The predicted molar refractivity (Wildman–Crippen MR) is 82.2 cm³/mol. The third-order valence-electron chi connectivity index (χ3n) is 2.89. The van der Waals surface area contributed by atoms with Gasteiger partial charge in [-0.1, -0.05) is 0 Å². The zero-order valence-electron chi connectivity index (χ0n) is 13.7. The van der Waals surface area contributed by atoms with Crippen molar-refractivity contribution in [2.75, 3.05) is 27.4 Å². The lowest BCUT2D eigenvalue weighted by Crippen LogP contribution is -2.12. The van der Waals surface area contributed by atoms with E-state index in [1.54, 1.807) is 28.1 Å². The SMILES string of the molecule is COc1cc(COC[C@H](C)O)c(OC)c(COC[C@H](C)O)c1. The van der Waals surface area contributed by atoms with Crippen LogP contribution in [0.1, 0.15) is 25.0 Å². The van der Waals surface area contributed by atoms with Crippen molar-refractivity contribution >= 4 is 0 Å². The monoisotopic (exact) mass is 314 g/mol. The number of hydrogen-bond acceptors (Lipinski definition) is 6. The van der Waals surface area contributed by atoms with E-state index in [0.717, 1.165) is 11.1 Å². The Labute approximate surface area is 131 Å². The largest absolute Gasteiger partial charge is 0.497 e. The van der Waals surface area contributed by atoms with Crippen LogP contribution in [0.5, 0.6) is 11.5 Å². The quantitative estimate of drug-likeness (QED) is 0.681. The number of hydrogen-bond donors (Lipinski definition) is 2. The highest BCUT2D eigenvalue weighted by Gasteiger charge is 2.13. The number of aliphatic hydroxyl groups excluding tert-OH is 2. The van der Waals surface area contributed by atoms with Crippen molar-refractivity contribution in [2.45, 2.75) is 39.3 Å². The third kappa shape index (κ3) is 6.19. The van der Waals surface area contributed by atoms with Crippen molar-refractivity contribution in [1.29, 1.82) is 0 Å². The van der Waals surface area contributed by atoms with Crippen LogP contribution in [0.2, 0.25) is 0 Å². The Hall–Kier alpha value is -1.34. The van der Waals surface area contributed by atoms with E-state index in [0.29, 0.717) is 24.7 Å². The molecule has 126 valence electrons. The molecule has 6 nitrogen and oxygen atoms in total. The molecule has 0 aromatic heterocycles. The topological polar surface area (TPSA) is 77.4 Å². The Kier molecular flexibility index (Phi) is 8.19. The average molecular weight is 314 g/mol. The van der Waals surface area contributed by atoms with Crippen LogP contribution in [0.15, 0.2) is 12.1 Å². The molecular weight excluding hydrogens is 288 g/mol. The molecule has 0 fully saturated rings. The van der Waals surface area contributed by atoms with E-state index in [1.807, 2.05) is 12.1 Å². The first-order valence-corrected chi connectivity index (χ1v) is 7.23. The van der Waals surface area contributed by atoms with E-state index < -0.39 is 12.2 Å². The van der Waals surface area contributed by atoms with Crippen LogP contribution in [0.3, 0.4) is 0 Å². The molecule has 2 atom stereocenters. The van der Waals surface area contributed by atoms with Crippen LogP contribution in [0.4, 0.5) is 0 Å². The Morgan fingerprint density at radius 1 is 0.864 bits per heavy atom. The maximum absolute atomic E-state index is 9.26. The van der Waals surface area contributed by atoms with Crippen LogP contribution in [-0.4, -0.2) is 49.9 Å². The molecule has 1 rings (SSSR count). The van der Waals surface area contributed by atoms with Gasteiger partial charge in [-0.3, -0.25) is 0 Å². The molecule has 0 aliphatic carbocycles. The smallest absolute Gasteiger partial charge is 0.130 e. The van der Waals surface area contributed by atoms with Gasteiger partial charge in [-0.25, -0.2) is 0 Å². The molecule has 2 N–H and O–H groups in total. The highest BCUT2D eigenvalue weighted by atomic mass is 16.5. The summed E-state index contributed by atoms with van der Waals surface area (Å²) in [5.41, 5.74) is 1.64. The first-order valence-electron chi connectivity index (χ1n) is 7.23. The molecule has 1 aromatic rings. The van der Waals surface area contributed by atoms with Gasteiger partial charge in [0.25, 0.3) is 0 Å². The van der Waals surface area contributed by atoms with E-state index in [-0.39, 0.29) is 13.2 Å². The van der Waals surface area contributed by atoms with Gasteiger partial charge in [-0.15, -0.1) is 0 Å². The first kappa shape index (κ1) is 18.7. The maximum atomic E-state index is 9.26. The molecule has 0 radical (unpaired) electrons. The van der Waals surface area contributed by atoms with Gasteiger partial charge in [0, 0.05) is 11.1 Å². The summed E-state index contributed by atoms with van der Waals surface area (Å²) in [5.74, 6) is 1.34. The second-order valence-corrected chi connectivity index (χ2v) is 5.21. The van der Waals surface area contributed by atoms with Crippen molar-refractivity contribution in [3.8, 4) is 11.5 Å². The third-order valence-corrected chi connectivity index (χ3v) is 2.89. The predicted octanol–water partition coefficient (Wildman–Crippen LogP) is 1.50. The van der Waals surface area contributed by atoms with Crippen LogP contribution in [0, 0.1) is 0 Å². The van der Waals surface area contributed by atoms with Crippen molar-refractivity contribution < 1.29 is 29.2 Å². The molecule has 0 bridgehead atoms. The van der Waals surface area contributed by atoms with Gasteiger partial charge < -0.3 is 29.2 Å². The first-order chi connectivity index (χ1) is 10.5. The number of rotatable bonds is 10. The van der Waals surface area contributed by atoms with Crippen molar-refractivity contribution in [3.05, 3.63) is 23.3 Å². The molecule has 0 amide bonds. The summed E-state index contributed by atoms with van der Waals surface area (Å²) in [5, 5.41) is 18.5. The number of benzene rings is 1. The molecule has 0 aliphatic rings. The van der Waals surface area contributed by atoms with Gasteiger partial charge in [-0.2, -0.15) is 0 Å². The van der Waals surface area contributed by atoms with Crippen LogP contribution >= 0.6 is 0 Å². The van der Waals surface area contributed by atoms with E-state index in [2.05, 4.69) is 0 Å². The summed E-state index contributed by atoms with van der Waals surface area (Å²) in [6.07, 6.45) is -1.05. The lowest BCUT2D eigenvalue weighted by atomic mass is 10.1. The fourth-order valence-corrected chi connectivity index (χ4v) is 2.00. The van der Waals surface area contributed by atoms with E-state index in [1.165, 1.54) is 0 Å². The Balaban J connectivity index is 2.88. The van der Waals surface area contributed by atoms with Crippen LogP contribution < -0.4 is 9.47 Å². The normalized spacial score (nSPS) is 13.7. The lowest BCUT2D eigenvalue weighted by molar-refractivity contribution is 0.0339. The molecule has 0 heterocycles. The van der Waals surface area contributed by atoms with Crippen molar-refractivity contribution in [3.63, 3.8) is 0 Å². The molecule has 6 heteroatoms. The van der Waals surface area contributed by atoms with Crippen LogP contribution in [-0.2, 0) is 22.7 Å². The number of methoxy groups -OCH3 is 2. The minimum Gasteiger partial charge on any atom is -0.497 e. The van der Waals surface area contributed by atoms with Gasteiger partial charge in [0.15, 0.2) is 0 Å². The molecule has 0 spiro atoms. The maximum Gasteiger partial charge on any atom is 0.130 e. The Morgan fingerprint density at radius 3 is 1.64 bits per heavy atom. The fraction of sp³-hybridized carbons (Fsp3) is 0.625. The Bertz CT molecular complexity index is 409. The zero-order valence-corrected chi connectivity index (χ0v) is 13.7. The summed E-state index contributed by atoms with van der Waals surface area (Å²) < 4.78 is 21.6. The molecule has 0 saturated heterocycles. The lowest BCUT2D eigenvalue weighted by Gasteiger charge is -2.17.